The zero-order valence-electron chi connectivity index (χ0n) is 13.7. The Bertz CT molecular complexity index is 273. The minimum Gasteiger partial charge on any atom is -0.355 e. The summed E-state index contributed by atoms with van der Waals surface area (Å²) in [5, 5.41) is 6.64. The molecule has 0 aromatic heterocycles. The third-order valence-electron chi connectivity index (χ3n) is 4.16. The molecule has 4 nitrogen and oxygen atoms in total. The van der Waals surface area contributed by atoms with E-state index in [0.717, 1.165) is 45.4 Å². The molecule has 1 rings (SSSR count). The first kappa shape index (κ1) is 17.4. The van der Waals surface area contributed by atoms with E-state index < -0.39 is 0 Å². The normalized spacial score (nSPS) is 19.2. The van der Waals surface area contributed by atoms with Crippen molar-refractivity contribution in [3.8, 4) is 0 Å². The molecule has 1 atom stereocenters. The number of carbonyl (C=O) groups is 1. The maximum Gasteiger partial charge on any atom is 0.237 e. The van der Waals surface area contributed by atoms with Gasteiger partial charge in [0.2, 0.25) is 5.91 Å². The van der Waals surface area contributed by atoms with Gasteiger partial charge in [0.25, 0.3) is 0 Å². The first-order chi connectivity index (χ1) is 9.54. The average Bonchev–Trinajstić information content (AvgIpc) is 2.44. The number of nitrogens with zero attached hydrogens (tertiary/aromatic N) is 1. The predicted molar refractivity (Wildman–Crippen MR) is 84.8 cm³/mol. The van der Waals surface area contributed by atoms with Crippen LogP contribution in [0.5, 0.6) is 0 Å². The first-order valence-corrected chi connectivity index (χ1v) is 8.29. The number of rotatable bonds is 8. The Balaban J connectivity index is 2.24. The highest BCUT2D eigenvalue weighted by molar-refractivity contribution is 5.81. The minimum absolute atomic E-state index is 0.00860. The molecular formula is C16H33N3O. The Hall–Kier alpha value is -0.610. The van der Waals surface area contributed by atoms with Crippen LogP contribution in [0.2, 0.25) is 0 Å². The van der Waals surface area contributed by atoms with Crippen LogP contribution in [0, 0.1) is 5.92 Å². The van der Waals surface area contributed by atoms with Gasteiger partial charge in [0.1, 0.15) is 0 Å². The number of hydrogen-bond acceptors (Lipinski definition) is 3. The Morgan fingerprint density at radius 2 is 1.85 bits per heavy atom. The lowest BCUT2D eigenvalue weighted by Gasteiger charge is -2.35. The summed E-state index contributed by atoms with van der Waals surface area (Å²) >= 11 is 0. The molecule has 1 saturated heterocycles. The quantitative estimate of drug-likeness (QED) is 0.716. The van der Waals surface area contributed by atoms with Gasteiger partial charge in [-0.1, -0.05) is 20.8 Å². The van der Waals surface area contributed by atoms with Gasteiger partial charge >= 0.3 is 0 Å². The molecule has 0 radical (unpaired) electrons. The topological polar surface area (TPSA) is 44.4 Å². The molecule has 2 N–H and O–H groups in total. The van der Waals surface area contributed by atoms with E-state index in [9.17, 15) is 4.79 Å². The molecule has 0 aliphatic carbocycles. The molecule has 20 heavy (non-hydrogen) atoms. The maximum atomic E-state index is 12.1. The molecule has 1 heterocycles. The number of nitrogens with one attached hydrogen (secondary N) is 2. The molecule has 0 bridgehead atoms. The van der Waals surface area contributed by atoms with Crippen molar-refractivity contribution in [1.82, 2.24) is 15.5 Å². The molecule has 0 aromatic rings. The standard InChI is InChI=1S/C16H33N3O/c1-5-9-17-15-7-11-19(12-8-15)14(4)16(20)18-10-6-13(2)3/h13-15,17H,5-12H2,1-4H3,(H,18,20). The summed E-state index contributed by atoms with van der Waals surface area (Å²) in [4.78, 5) is 14.4. The van der Waals surface area contributed by atoms with Crippen molar-refractivity contribution in [2.45, 2.75) is 65.5 Å². The van der Waals surface area contributed by atoms with Gasteiger partial charge in [-0.2, -0.15) is 0 Å². The van der Waals surface area contributed by atoms with Gasteiger partial charge in [0.05, 0.1) is 6.04 Å². The highest BCUT2D eigenvalue weighted by Crippen LogP contribution is 2.13. The number of carbonyl (C=O) groups excluding carboxylic acids is 1. The molecule has 0 spiro atoms. The van der Waals surface area contributed by atoms with Gasteiger partial charge in [0.15, 0.2) is 0 Å². The Morgan fingerprint density at radius 1 is 1.20 bits per heavy atom. The van der Waals surface area contributed by atoms with E-state index in [1.165, 1.54) is 6.42 Å². The van der Waals surface area contributed by atoms with Gasteiger partial charge in [0, 0.05) is 25.7 Å². The number of piperidine rings is 1. The summed E-state index contributed by atoms with van der Waals surface area (Å²) < 4.78 is 0. The van der Waals surface area contributed by atoms with Crippen LogP contribution in [0.3, 0.4) is 0 Å². The van der Waals surface area contributed by atoms with Crippen molar-refractivity contribution in [2.24, 2.45) is 5.92 Å². The second-order valence-electron chi connectivity index (χ2n) is 6.41. The van der Waals surface area contributed by atoms with Crippen molar-refractivity contribution < 1.29 is 4.79 Å². The van der Waals surface area contributed by atoms with Crippen molar-refractivity contribution >= 4 is 5.91 Å². The number of amides is 1. The van der Waals surface area contributed by atoms with Crippen LogP contribution in [0.25, 0.3) is 0 Å². The van der Waals surface area contributed by atoms with Crippen LogP contribution in [-0.2, 0) is 4.79 Å². The average molecular weight is 283 g/mol. The van der Waals surface area contributed by atoms with Gasteiger partial charge in [-0.05, 0) is 45.1 Å². The van der Waals surface area contributed by atoms with Crippen LogP contribution >= 0.6 is 0 Å². The van der Waals surface area contributed by atoms with Crippen molar-refractivity contribution in [3.05, 3.63) is 0 Å². The van der Waals surface area contributed by atoms with E-state index in [1.54, 1.807) is 0 Å². The lowest BCUT2D eigenvalue weighted by Crippen LogP contribution is -2.51. The molecule has 4 heteroatoms. The Labute approximate surface area is 124 Å². The van der Waals surface area contributed by atoms with E-state index in [0.29, 0.717) is 12.0 Å². The van der Waals surface area contributed by atoms with Crippen LogP contribution in [0.1, 0.15) is 53.4 Å². The molecule has 1 unspecified atom stereocenters. The Kier molecular flexibility index (Phi) is 8.15. The first-order valence-electron chi connectivity index (χ1n) is 8.29. The van der Waals surface area contributed by atoms with Crippen molar-refractivity contribution in [3.63, 3.8) is 0 Å². The maximum absolute atomic E-state index is 12.1. The van der Waals surface area contributed by atoms with Gasteiger partial charge < -0.3 is 10.6 Å². The summed E-state index contributed by atoms with van der Waals surface area (Å²) in [5.74, 6) is 0.830. The van der Waals surface area contributed by atoms with E-state index in [2.05, 4.69) is 36.3 Å². The highest BCUT2D eigenvalue weighted by atomic mass is 16.2. The van der Waals surface area contributed by atoms with E-state index in [1.807, 2.05) is 6.92 Å². The van der Waals surface area contributed by atoms with Gasteiger partial charge in [-0.25, -0.2) is 0 Å². The second-order valence-corrected chi connectivity index (χ2v) is 6.41. The molecule has 1 aliphatic heterocycles. The van der Waals surface area contributed by atoms with Gasteiger partial charge in [-0.3, -0.25) is 9.69 Å². The number of likely N-dealkylation sites (tertiary alicyclic amines) is 1. The van der Waals surface area contributed by atoms with Crippen LogP contribution < -0.4 is 10.6 Å². The zero-order chi connectivity index (χ0) is 15.0. The largest absolute Gasteiger partial charge is 0.355 e. The third kappa shape index (κ3) is 6.23. The highest BCUT2D eigenvalue weighted by Gasteiger charge is 2.25. The van der Waals surface area contributed by atoms with Crippen molar-refractivity contribution in [1.29, 1.82) is 0 Å². The number of hydrogen-bond donors (Lipinski definition) is 2. The molecular weight excluding hydrogens is 250 g/mol. The van der Waals surface area contributed by atoms with Crippen LogP contribution in [0.15, 0.2) is 0 Å². The lowest BCUT2D eigenvalue weighted by atomic mass is 10.0. The van der Waals surface area contributed by atoms with E-state index in [-0.39, 0.29) is 11.9 Å². The van der Waals surface area contributed by atoms with E-state index in [4.69, 9.17) is 0 Å². The van der Waals surface area contributed by atoms with Gasteiger partial charge in [-0.15, -0.1) is 0 Å². The molecule has 1 fully saturated rings. The van der Waals surface area contributed by atoms with Crippen molar-refractivity contribution in [2.75, 3.05) is 26.2 Å². The third-order valence-corrected chi connectivity index (χ3v) is 4.16. The summed E-state index contributed by atoms with van der Waals surface area (Å²) in [6, 6.07) is 0.650. The summed E-state index contributed by atoms with van der Waals surface area (Å²) in [5.41, 5.74) is 0. The summed E-state index contributed by atoms with van der Waals surface area (Å²) in [7, 11) is 0. The minimum atomic E-state index is 0.00860. The monoisotopic (exact) mass is 283 g/mol. The summed E-state index contributed by atoms with van der Waals surface area (Å²) in [6.07, 6.45) is 4.56. The lowest BCUT2D eigenvalue weighted by molar-refractivity contribution is -0.126. The van der Waals surface area contributed by atoms with Crippen LogP contribution in [-0.4, -0.2) is 49.1 Å². The smallest absolute Gasteiger partial charge is 0.237 e. The fourth-order valence-electron chi connectivity index (χ4n) is 2.64. The molecule has 118 valence electrons. The molecule has 0 aromatic carbocycles. The predicted octanol–water partition coefficient (Wildman–Crippen LogP) is 2.00. The molecule has 1 amide bonds. The van der Waals surface area contributed by atoms with E-state index >= 15 is 0 Å². The second kappa shape index (κ2) is 9.35. The molecule has 1 aliphatic rings. The zero-order valence-corrected chi connectivity index (χ0v) is 13.7. The Morgan fingerprint density at radius 3 is 2.40 bits per heavy atom. The summed E-state index contributed by atoms with van der Waals surface area (Å²) in [6.45, 7) is 12.6. The molecule has 0 saturated carbocycles. The van der Waals surface area contributed by atoms with Crippen LogP contribution in [0.4, 0.5) is 0 Å². The fourth-order valence-corrected chi connectivity index (χ4v) is 2.64. The SMILES string of the molecule is CCCNC1CCN(C(C)C(=O)NCCC(C)C)CC1. The fraction of sp³-hybridized carbons (Fsp3) is 0.938.